The van der Waals surface area contributed by atoms with Gasteiger partial charge >= 0.3 is 0 Å². The fourth-order valence-corrected chi connectivity index (χ4v) is 3.22. The highest BCUT2D eigenvalue weighted by Crippen LogP contribution is 2.42. The average Bonchev–Trinajstić information content (AvgIpc) is 2.65. The Morgan fingerprint density at radius 1 is 0.950 bits per heavy atom. The van der Waals surface area contributed by atoms with Crippen molar-refractivity contribution in [2.24, 2.45) is 11.8 Å². The highest BCUT2D eigenvalue weighted by Gasteiger charge is 2.49. The van der Waals surface area contributed by atoms with Crippen molar-refractivity contribution < 1.29 is 9.59 Å². The van der Waals surface area contributed by atoms with Crippen molar-refractivity contribution in [3.63, 3.8) is 0 Å². The van der Waals surface area contributed by atoms with Gasteiger partial charge in [-0.05, 0) is 51.0 Å². The second-order valence-corrected chi connectivity index (χ2v) is 6.11. The molecular formula is C16H16ClNO2. The Kier molecular flexibility index (Phi) is 3.17. The van der Waals surface area contributed by atoms with Gasteiger partial charge in [0, 0.05) is 5.02 Å². The zero-order chi connectivity index (χ0) is 14.4. The van der Waals surface area contributed by atoms with Gasteiger partial charge in [0.1, 0.15) is 0 Å². The third-order valence-electron chi connectivity index (χ3n) is 4.43. The summed E-state index contributed by atoms with van der Waals surface area (Å²) < 4.78 is 0. The Balaban J connectivity index is 1.95. The molecule has 0 spiro atoms. The highest BCUT2D eigenvalue weighted by atomic mass is 35.5. The molecule has 1 heterocycles. The van der Waals surface area contributed by atoms with Crippen LogP contribution in [0.2, 0.25) is 5.02 Å². The lowest BCUT2D eigenvalue weighted by molar-refractivity contribution is -0.122. The number of carbonyl (C=O) groups excluding carboxylic acids is 2. The van der Waals surface area contributed by atoms with Crippen LogP contribution in [0.25, 0.3) is 0 Å². The number of halogens is 1. The second-order valence-electron chi connectivity index (χ2n) is 5.67. The number of carbonyl (C=O) groups is 2. The van der Waals surface area contributed by atoms with Crippen LogP contribution >= 0.6 is 11.6 Å². The molecule has 0 N–H and O–H groups in total. The molecule has 104 valence electrons. The number of nitrogens with zero attached hydrogens (tertiary/aromatic N) is 1. The van der Waals surface area contributed by atoms with Gasteiger partial charge in [-0.3, -0.25) is 14.5 Å². The summed E-state index contributed by atoms with van der Waals surface area (Å²) in [6.07, 6.45) is 1.40. The van der Waals surface area contributed by atoms with Crippen molar-refractivity contribution in [3.05, 3.63) is 40.4 Å². The molecule has 1 fully saturated rings. The molecule has 0 saturated carbocycles. The third-order valence-corrected chi connectivity index (χ3v) is 4.68. The van der Waals surface area contributed by atoms with E-state index in [1.165, 1.54) is 16.0 Å². The maximum atomic E-state index is 12.5. The van der Waals surface area contributed by atoms with E-state index in [9.17, 15) is 9.59 Å². The molecule has 1 aromatic rings. The summed E-state index contributed by atoms with van der Waals surface area (Å²) >= 11 is 5.86. The van der Waals surface area contributed by atoms with Gasteiger partial charge in [-0.15, -0.1) is 0 Å². The van der Waals surface area contributed by atoms with E-state index < -0.39 is 0 Å². The van der Waals surface area contributed by atoms with E-state index in [0.717, 1.165) is 0 Å². The molecule has 2 aliphatic rings. The molecule has 0 aromatic heterocycles. The molecule has 2 atom stereocenters. The number of amides is 2. The molecule has 0 radical (unpaired) electrons. The quantitative estimate of drug-likeness (QED) is 0.585. The lowest BCUT2D eigenvalue weighted by Crippen LogP contribution is -2.30. The lowest BCUT2D eigenvalue weighted by Gasteiger charge is -2.23. The number of hydrogen-bond acceptors (Lipinski definition) is 2. The number of hydrogen-bond donors (Lipinski definition) is 0. The molecule has 20 heavy (non-hydrogen) atoms. The van der Waals surface area contributed by atoms with Crippen LogP contribution < -0.4 is 4.90 Å². The molecule has 4 heteroatoms. The zero-order valence-corrected chi connectivity index (χ0v) is 12.3. The van der Waals surface area contributed by atoms with Crippen molar-refractivity contribution in [3.8, 4) is 0 Å². The van der Waals surface area contributed by atoms with E-state index in [-0.39, 0.29) is 23.7 Å². The summed E-state index contributed by atoms with van der Waals surface area (Å²) in [6, 6.07) is 6.85. The van der Waals surface area contributed by atoms with E-state index in [4.69, 9.17) is 11.6 Å². The number of benzene rings is 1. The monoisotopic (exact) mass is 289 g/mol. The van der Waals surface area contributed by atoms with E-state index in [1.54, 1.807) is 24.3 Å². The molecular weight excluding hydrogens is 274 g/mol. The van der Waals surface area contributed by atoms with Crippen LogP contribution in [0.3, 0.4) is 0 Å². The first-order valence-electron chi connectivity index (χ1n) is 6.77. The smallest absolute Gasteiger partial charge is 0.238 e. The Labute approximate surface area is 123 Å². The highest BCUT2D eigenvalue weighted by molar-refractivity contribution is 6.30. The van der Waals surface area contributed by atoms with E-state index in [0.29, 0.717) is 23.6 Å². The molecule has 1 aliphatic heterocycles. The molecule has 2 amide bonds. The average molecular weight is 290 g/mol. The minimum atomic E-state index is -0.193. The van der Waals surface area contributed by atoms with E-state index >= 15 is 0 Å². The predicted molar refractivity (Wildman–Crippen MR) is 78.5 cm³/mol. The Hall–Kier alpha value is -1.61. The van der Waals surface area contributed by atoms with Crippen LogP contribution in [0.1, 0.15) is 26.7 Å². The van der Waals surface area contributed by atoms with Crippen molar-refractivity contribution in [2.45, 2.75) is 26.7 Å². The normalized spacial score (nSPS) is 26.2. The van der Waals surface area contributed by atoms with Gasteiger partial charge in [-0.25, -0.2) is 0 Å². The first-order valence-corrected chi connectivity index (χ1v) is 7.15. The summed E-state index contributed by atoms with van der Waals surface area (Å²) in [5.74, 6) is -0.535. The van der Waals surface area contributed by atoms with Crippen molar-refractivity contribution >= 4 is 29.1 Å². The van der Waals surface area contributed by atoms with Crippen molar-refractivity contribution in [1.82, 2.24) is 0 Å². The van der Waals surface area contributed by atoms with Gasteiger partial charge in [0.2, 0.25) is 11.8 Å². The SMILES string of the molecule is CC1=C(C)C[C@H]2C(=O)N(c3ccc(Cl)cc3)C(=O)[C@@H]2C1. The standard InChI is InChI=1S/C16H16ClNO2/c1-9-7-13-14(8-10(9)2)16(20)18(15(13)19)12-5-3-11(17)4-6-12/h3-6,13-14H,7-8H2,1-2H3/t13-,14-/m1/s1. The number of rotatable bonds is 1. The zero-order valence-electron chi connectivity index (χ0n) is 11.5. The van der Waals surface area contributed by atoms with Gasteiger partial charge in [0.15, 0.2) is 0 Å². The molecule has 3 nitrogen and oxygen atoms in total. The summed E-state index contributed by atoms with van der Waals surface area (Å²) in [5.41, 5.74) is 3.10. The fourth-order valence-electron chi connectivity index (χ4n) is 3.10. The number of anilines is 1. The minimum absolute atomic E-state index is 0.0748. The summed E-state index contributed by atoms with van der Waals surface area (Å²) in [6.45, 7) is 4.10. The Bertz CT molecular complexity index is 586. The van der Waals surface area contributed by atoms with Crippen LogP contribution in [0.4, 0.5) is 5.69 Å². The van der Waals surface area contributed by atoms with Gasteiger partial charge in [-0.1, -0.05) is 22.7 Å². The molecule has 1 saturated heterocycles. The van der Waals surface area contributed by atoms with Gasteiger partial charge < -0.3 is 0 Å². The molecule has 0 bridgehead atoms. The van der Waals surface area contributed by atoms with E-state index in [2.05, 4.69) is 0 Å². The topological polar surface area (TPSA) is 37.4 Å². The predicted octanol–water partition coefficient (Wildman–Crippen LogP) is 3.58. The maximum absolute atomic E-state index is 12.5. The van der Waals surface area contributed by atoms with Crippen LogP contribution in [-0.2, 0) is 9.59 Å². The Morgan fingerprint density at radius 3 is 1.85 bits per heavy atom. The van der Waals surface area contributed by atoms with Gasteiger partial charge in [0.05, 0.1) is 17.5 Å². The van der Waals surface area contributed by atoms with Crippen molar-refractivity contribution in [2.75, 3.05) is 4.90 Å². The van der Waals surface area contributed by atoms with Crippen LogP contribution in [0, 0.1) is 11.8 Å². The summed E-state index contributed by atoms with van der Waals surface area (Å²) in [7, 11) is 0. The maximum Gasteiger partial charge on any atom is 0.238 e. The number of fused-ring (bicyclic) bond motifs is 1. The van der Waals surface area contributed by atoms with Gasteiger partial charge in [-0.2, -0.15) is 0 Å². The van der Waals surface area contributed by atoms with Crippen molar-refractivity contribution in [1.29, 1.82) is 0 Å². The number of allylic oxidation sites excluding steroid dienone is 2. The largest absolute Gasteiger partial charge is 0.274 e. The molecule has 1 aliphatic carbocycles. The molecule has 1 aromatic carbocycles. The Morgan fingerprint density at radius 2 is 1.40 bits per heavy atom. The summed E-state index contributed by atoms with van der Waals surface area (Å²) in [4.78, 5) is 26.4. The fraction of sp³-hybridized carbons (Fsp3) is 0.375. The van der Waals surface area contributed by atoms with Crippen LogP contribution in [0.5, 0.6) is 0 Å². The second kappa shape index (κ2) is 4.74. The minimum Gasteiger partial charge on any atom is -0.274 e. The van der Waals surface area contributed by atoms with Gasteiger partial charge in [0.25, 0.3) is 0 Å². The van der Waals surface area contributed by atoms with Crippen LogP contribution in [0.15, 0.2) is 35.4 Å². The number of imide groups is 1. The summed E-state index contributed by atoms with van der Waals surface area (Å²) in [5, 5.41) is 0.596. The lowest BCUT2D eigenvalue weighted by atomic mass is 9.78. The van der Waals surface area contributed by atoms with Crippen LogP contribution in [-0.4, -0.2) is 11.8 Å². The first-order chi connectivity index (χ1) is 9.49. The molecule has 0 unspecified atom stereocenters. The third kappa shape index (κ3) is 1.97. The molecule has 3 rings (SSSR count). The van der Waals surface area contributed by atoms with E-state index in [1.807, 2.05) is 13.8 Å². The first kappa shape index (κ1) is 13.4.